The largest absolute Gasteiger partial charge is 0.374 e. The summed E-state index contributed by atoms with van der Waals surface area (Å²) in [5.41, 5.74) is 7.64. The maximum atomic E-state index is 6.38. The molecule has 0 aromatic carbocycles. The molecule has 1 aromatic rings. The van der Waals surface area contributed by atoms with Crippen LogP contribution in [0.2, 0.25) is 0 Å². The number of aromatic nitrogens is 1. The van der Waals surface area contributed by atoms with Gasteiger partial charge in [0.1, 0.15) is 0 Å². The molecule has 1 saturated heterocycles. The van der Waals surface area contributed by atoms with Crippen molar-refractivity contribution in [1.29, 1.82) is 0 Å². The van der Waals surface area contributed by atoms with Crippen molar-refractivity contribution < 1.29 is 4.74 Å². The summed E-state index contributed by atoms with van der Waals surface area (Å²) in [6, 6.07) is 0.571. The second kappa shape index (κ2) is 6.73. The molecule has 1 aromatic heterocycles. The van der Waals surface area contributed by atoms with Gasteiger partial charge >= 0.3 is 0 Å². The quantitative estimate of drug-likeness (QED) is 0.928. The van der Waals surface area contributed by atoms with Gasteiger partial charge < -0.3 is 10.5 Å². The summed E-state index contributed by atoms with van der Waals surface area (Å²) in [6.07, 6.45) is 0.917. The van der Waals surface area contributed by atoms with Gasteiger partial charge in [-0.25, -0.2) is 4.98 Å². The minimum Gasteiger partial charge on any atom is -0.374 e. The average molecular weight is 311 g/mol. The second-order valence-electron chi connectivity index (χ2n) is 7.24. The number of ether oxygens (including phenoxy) is 1. The lowest BCUT2D eigenvalue weighted by molar-refractivity contribution is -0.0495. The number of rotatable bonds is 4. The zero-order valence-electron chi connectivity index (χ0n) is 13.9. The topological polar surface area (TPSA) is 51.4 Å². The normalized spacial score (nSPS) is 22.7. The van der Waals surface area contributed by atoms with E-state index in [-0.39, 0.29) is 17.6 Å². The Morgan fingerprint density at radius 1 is 1.48 bits per heavy atom. The van der Waals surface area contributed by atoms with E-state index in [0.29, 0.717) is 6.04 Å². The molecule has 0 radical (unpaired) electrons. The fourth-order valence-corrected chi connectivity index (χ4v) is 3.60. The van der Waals surface area contributed by atoms with Crippen LogP contribution >= 0.6 is 11.3 Å². The zero-order valence-corrected chi connectivity index (χ0v) is 14.7. The molecule has 2 unspecified atom stereocenters. The highest BCUT2D eigenvalue weighted by Gasteiger charge is 2.28. The minimum absolute atomic E-state index is 0.0190. The van der Waals surface area contributed by atoms with E-state index in [4.69, 9.17) is 15.5 Å². The Balaban J connectivity index is 1.94. The van der Waals surface area contributed by atoms with E-state index >= 15 is 0 Å². The van der Waals surface area contributed by atoms with Crippen molar-refractivity contribution in [3.05, 3.63) is 16.1 Å². The number of nitrogens with zero attached hydrogens (tertiary/aromatic N) is 2. The molecule has 2 atom stereocenters. The maximum Gasteiger partial charge on any atom is 0.0944 e. The van der Waals surface area contributed by atoms with E-state index in [2.05, 4.69) is 44.9 Å². The number of thiazole rings is 1. The molecule has 0 bridgehead atoms. The second-order valence-corrected chi connectivity index (χ2v) is 8.19. The van der Waals surface area contributed by atoms with Crippen molar-refractivity contribution >= 4 is 11.3 Å². The lowest BCUT2D eigenvalue weighted by Crippen LogP contribution is -2.53. The first-order chi connectivity index (χ1) is 9.77. The van der Waals surface area contributed by atoms with Crippen molar-refractivity contribution in [2.24, 2.45) is 5.73 Å². The fourth-order valence-electron chi connectivity index (χ4n) is 2.51. The number of nitrogens with two attached hydrogens (primary N) is 1. The maximum absolute atomic E-state index is 6.38. The molecule has 0 spiro atoms. The summed E-state index contributed by atoms with van der Waals surface area (Å²) in [5.74, 6) is 0. The van der Waals surface area contributed by atoms with Gasteiger partial charge in [0, 0.05) is 42.4 Å². The smallest absolute Gasteiger partial charge is 0.0944 e. The Hall–Kier alpha value is -0.490. The summed E-state index contributed by atoms with van der Waals surface area (Å²) >= 11 is 1.72. The van der Waals surface area contributed by atoms with E-state index in [1.54, 1.807) is 11.3 Å². The summed E-state index contributed by atoms with van der Waals surface area (Å²) in [4.78, 5) is 7.18. The average Bonchev–Trinajstić information content (AvgIpc) is 2.87. The van der Waals surface area contributed by atoms with Crippen LogP contribution in [0.1, 0.15) is 45.3 Å². The highest BCUT2D eigenvalue weighted by atomic mass is 32.1. The van der Waals surface area contributed by atoms with Gasteiger partial charge in [0.15, 0.2) is 0 Å². The van der Waals surface area contributed by atoms with Crippen LogP contribution in [-0.4, -0.2) is 47.8 Å². The highest BCUT2D eigenvalue weighted by Crippen LogP contribution is 2.25. The Kier molecular flexibility index (Phi) is 5.41. The van der Waals surface area contributed by atoms with Gasteiger partial charge in [0.25, 0.3) is 0 Å². The summed E-state index contributed by atoms with van der Waals surface area (Å²) in [7, 11) is 0. The van der Waals surface area contributed by atoms with E-state index in [9.17, 15) is 0 Å². The lowest BCUT2D eigenvalue weighted by atomic mass is 9.93. The molecule has 0 saturated carbocycles. The zero-order chi connectivity index (χ0) is 15.6. The molecule has 2 N–H and O–H groups in total. The molecule has 21 heavy (non-hydrogen) atoms. The molecule has 2 rings (SSSR count). The Morgan fingerprint density at radius 2 is 2.19 bits per heavy atom. The van der Waals surface area contributed by atoms with E-state index < -0.39 is 0 Å². The molecule has 120 valence electrons. The molecule has 0 aliphatic carbocycles. The van der Waals surface area contributed by atoms with Gasteiger partial charge in [0.2, 0.25) is 0 Å². The third-order valence-corrected chi connectivity index (χ3v) is 4.93. The lowest BCUT2D eigenvalue weighted by Gasteiger charge is -2.37. The van der Waals surface area contributed by atoms with Crippen LogP contribution in [0.5, 0.6) is 0 Å². The van der Waals surface area contributed by atoms with Crippen molar-refractivity contribution in [2.45, 2.75) is 64.6 Å². The first-order valence-electron chi connectivity index (χ1n) is 7.83. The molecular weight excluding hydrogens is 282 g/mol. The minimum atomic E-state index is 0.0190. The van der Waals surface area contributed by atoms with Crippen LogP contribution in [0.3, 0.4) is 0 Å². The third kappa shape index (κ3) is 4.49. The molecule has 1 aliphatic heterocycles. The van der Waals surface area contributed by atoms with Gasteiger partial charge in [0.05, 0.1) is 23.4 Å². The van der Waals surface area contributed by atoms with Gasteiger partial charge in [-0.2, -0.15) is 0 Å². The summed E-state index contributed by atoms with van der Waals surface area (Å²) in [5, 5.41) is 3.28. The van der Waals surface area contributed by atoms with Crippen LogP contribution in [0.15, 0.2) is 5.38 Å². The predicted octanol–water partition coefficient (Wildman–Crippen LogP) is 2.42. The van der Waals surface area contributed by atoms with Gasteiger partial charge in [-0.3, -0.25) is 4.90 Å². The van der Waals surface area contributed by atoms with Gasteiger partial charge in [-0.15, -0.1) is 11.3 Å². The fraction of sp³-hybridized carbons (Fsp3) is 0.812. The van der Waals surface area contributed by atoms with E-state index in [1.165, 1.54) is 0 Å². The molecule has 4 nitrogen and oxygen atoms in total. The molecule has 0 amide bonds. The van der Waals surface area contributed by atoms with E-state index in [1.807, 2.05) is 0 Å². The van der Waals surface area contributed by atoms with Crippen LogP contribution in [0, 0.1) is 0 Å². The Morgan fingerprint density at radius 3 is 2.76 bits per heavy atom. The van der Waals surface area contributed by atoms with E-state index in [0.717, 1.165) is 36.8 Å². The number of morpholine rings is 1. The molecule has 1 fully saturated rings. The molecule has 2 heterocycles. The molecular formula is C16H29N3OS. The van der Waals surface area contributed by atoms with Crippen LogP contribution < -0.4 is 5.73 Å². The van der Waals surface area contributed by atoms with Gasteiger partial charge in [-0.05, 0) is 13.8 Å². The van der Waals surface area contributed by atoms with Crippen molar-refractivity contribution in [1.82, 2.24) is 9.88 Å². The summed E-state index contributed by atoms with van der Waals surface area (Å²) in [6.45, 7) is 13.7. The third-order valence-electron chi connectivity index (χ3n) is 4.06. The van der Waals surface area contributed by atoms with Crippen LogP contribution in [0.25, 0.3) is 0 Å². The predicted molar refractivity (Wildman–Crippen MR) is 88.9 cm³/mol. The van der Waals surface area contributed by atoms with Crippen LogP contribution in [0.4, 0.5) is 0 Å². The SMILES string of the molecule is CC(C)N1CCOC(C(N)Cc2nc(C(C)(C)C)cs2)C1. The Labute approximate surface area is 132 Å². The first kappa shape index (κ1) is 16.9. The van der Waals surface area contributed by atoms with Crippen molar-refractivity contribution in [2.75, 3.05) is 19.7 Å². The Bertz CT molecular complexity index is 453. The standard InChI is InChI=1S/C16H29N3OS/c1-11(2)19-6-7-20-13(9-19)12(17)8-15-18-14(10-21-15)16(3,4)5/h10-13H,6-9,17H2,1-5H3. The number of hydrogen-bond acceptors (Lipinski definition) is 5. The number of hydrogen-bond donors (Lipinski definition) is 1. The molecule has 5 heteroatoms. The van der Waals surface area contributed by atoms with Crippen molar-refractivity contribution in [3.8, 4) is 0 Å². The first-order valence-corrected chi connectivity index (χ1v) is 8.71. The van der Waals surface area contributed by atoms with Crippen LogP contribution in [-0.2, 0) is 16.6 Å². The highest BCUT2D eigenvalue weighted by molar-refractivity contribution is 7.09. The molecule has 1 aliphatic rings. The monoisotopic (exact) mass is 311 g/mol. The van der Waals surface area contributed by atoms with Crippen molar-refractivity contribution in [3.63, 3.8) is 0 Å². The van der Waals surface area contributed by atoms with Gasteiger partial charge in [-0.1, -0.05) is 20.8 Å². The summed E-state index contributed by atoms with van der Waals surface area (Å²) < 4.78 is 5.88.